The molecule has 8 heteroatoms. The summed E-state index contributed by atoms with van der Waals surface area (Å²) in [7, 11) is 1.37. The Hall–Kier alpha value is -3.00. The van der Waals surface area contributed by atoms with Crippen molar-refractivity contribution < 1.29 is 19.1 Å². The maximum absolute atomic E-state index is 12.6. The van der Waals surface area contributed by atoms with Crippen LogP contribution in [0.15, 0.2) is 53.3 Å². The van der Waals surface area contributed by atoms with Gasteiger partial charge in [0.15, 0.2) is 0 Å². The van der Waals surface area contributed by atoms with Crippen LogP contribution >= 0.6 is 0 Å². The molecule has 1 aromatic carbocycles. The van der Waals surface area contributed by atoms with E-state index in [9.17, 15) is 9.59 Å². The summed E-state index contributed by atoms with van der Waals surface area (Å²) in [6.45, 7) is 5.81. The van der Waals surface area contributed by atoms with Crippen molar-refractivity contribution in [3.05, 3.63) is 58.8 Å². The topological polar surface area (TPSA) is 91.9 Å². The van der Waals surface area contributed by atoms with Crippen molar-refractivity contribution in [2.24, 2.45) is 0 Å². The van der Waals surface area contributed by atoms with Crippen molar-refractivity contribution in [3.63, 3.8) is 0 Å². The summed E-state index contributed by atoms with van der Waals surface area (Å²) >= 11 is 0. The maximum Gasteiger partial charge on any atom is 0.407 e. The van der Waals surface area contributed by atoms with E-state index in [4.69, 9.17) is 9.47 Å². The predicted octanol–water partition coefficient (Wildman–Crippen LogP) is 8.39. The standard InChI is InChI=1S/C38H62N4O4/c1-3-4-5-6-7-8-9-10-11-12-13-14-15-16-17-21-26-40-38(44)46-31-33-25-28-42(30-32-22-19-18-20-23-32)35(29-41-37(43)45-2)36(33)34-24-27-39-34/h18-20,22-23,25,34,39H,3-17,21,24,26-31H2,1-2H3,(H,40,44)(H,41,43). The van der Waals surface area contributed by atoms with Crippen LogP contribution in [0.5, 0.6) is 0 Å². The number of hydrogen-bond donors (Lipinski definition) is 3. The van der Waals surface area contributed by atoms with Crippen LogP contribution in [-0.2, 0) is 16.0 Å². The van der Waals surface area contributed by atoms with E-state index in [1.807, 2.05) is 18.2 Å². The first-order valence-electron chi connectivity index (χ1n) is 18.3. The second kappa shape index (κ2) is 23.3. The van der Waals surface area contributed by atoms with Crippen LogP contribution in [0.1, 0.15) is 122 Å². The van der Waals surface area contributed by atoms with Gasteiger partial charge in [0.25, 0.3) is 0 Å². The van der Waals surface area contributed by atoms with Gasteiger partial charge in [-0.25, -0.2) is 9.59 Å². The first kappa shape index (κ1) is 37.5. The molecule has 0 spiro atoms. The minimum Gasteiger partial charge on any atom is -0.453 e. The van der Waals surface area contributed by atoms with Gasteiger partial charge in [0.2, 0.25) is 0 Å². The van der Waals surface area contributed by atoms with E-state index in [1.54, 1.807) is 0 Å². The largest absolute Gasteiger partial charge is 0.453 e. The number of carbonyl (C=O) groups excluding carboxylic acids is 2. The molecule has 0 aromatic heterocycles. The Morgan fingerprint density at radius 1 is 0.826 bits per heavy atom. The number of carbonyl (C=O) groups is 2. The summed E-state index contributed by atoms with van der Waals surface area (Å²) < 4.78 is 10.5. The Morgan fingerprint density at radius 3 is 1.96 bits per heavy atom. The summed E-state index contributed by atoms with van der Waals surface area (Å²) in [5, 5.41) is 9.33. The molecule has 1 saturated heterocycles. The van der Waals surface area contributed by atoms with Crippen LogP contribution in [-0.4, -0.2) is 63.0 Å². The number of unbranched alkanes of at least 4 members (excludes halogenated alkanes) is 15. The molecular formula is C38H62N4O4. The van der Waals surface area contributed by atoms with E-state index >= 15 is 0 Å². The third-order valence-electron chi connectivity index (χ3n) is 9.23. The van der Waals surface area contributed by atoms with Gasteiger partial charge in [-0.2, -0.15) is 0 Å². The monoisotopic (exact) mass is 638 g/mol. The number of rotatable bonds is 24. The van der Waals surface area contributed by atoms with E-state index in [0.717, 1.165) is 49.2 Å². The first-order chi connectivity index (χ1) is 22.6. The molecule has 1 aromatic rings. The van der Waals surface area contributed by atoms with Gasteiger partial charge >= 0.3 is 12.2 Å². The predicted molar refractivity (Wildman–Crippen MR) is 188 cm³/mol. The van der Waals surface area contributed by atoms with Crippen molar-refractivity contribution in [1.29, 1.82) is 0 Å². The van der Waals surface area contributed by atoms with E-state index in [2.05, 4.69) is 46.0 Å². The zero-order valence-corrected chi connectivity index (χ0v) is 28.9. The molecule has 2 aliphatic rings. The molecule has 0 radical (unpaired) electrons. The normalized spacial score (nSPS) is 16.1. The van der Waals surface area contributed by atoms with E-state index in [1.165, 1.54) is 103 Å². The van der Waals surface area contributed by atoms with Crippen LogP contribution in [0.4, 0.5) is 9.59 Å². The fourth-order valence-electron chi connectivity index (χ4n) is 6.35. The van der Waals surface area contributed by atoms with Crippen molar-refractivity contribution in [1.82, 2.24) is 20.9 Å². The fraction of sp³-hybridized carbons (Fsp3) is 0.684. The van der Waals surface area contributed by atoms with Crippen molar-refractivity contribution in [3.8, 4) is 0 Å². The molecular weight excluding hydrogens is 576 g/mol. The SMILES string of the molecule is CCCCCCCCCCCCCCCCCCNC(=O)OCC1=CCN(Cc2ccccc2)C(CNC(=O)OC)=C1C1CCN1. The van der Waals surface area contributed by atoms with Gasteiger partial charge in [-0.3, -0.25) is 0 Å². The Balaban J connectivity index is 1.32. The van der Waals surface area contributed by atoms with Crippen molar-refractivity contribution >= 4 is 12.2 Å². The third-order valence-corrected chi connectivity index (χ3v) is 9.23. The van der Waals surface area contributed by atoms with E-state index < -0.39 is 6.09 Å². The summed E-state index contributed by atoms with van der Waals surface area (Å²) in [6, 6.07) is 10.5. The summed E-state index contributed by atoms with van der Waals surface area (Å²) in [4.78, 5) is 26.8. The molecule has 1 unspecified atom stereocenters. The molecule has 8 nitrogen and oxygen atoms in total. The molecule has 0 bridgehead atoms. The maximum atomic E-state index is 12.6. The highest BCUT2D eigenvalue weighted by Crippen LogP contribution is 2.31. The number of nitrogens with one attached hydrogen (secondary N) is 3. The smallest absolute Gasteiger partial charge is 0.407 e. The van der Waals surface area contributed by atoms with Crippen molar-refractivity contribution in [2.45, 2.75) is 129 Å². The molecule has 2 aliphatic heterocycles. The highest BCUT2D eigenvalue weighted by molar-refractivity contribution is 5.68. The Labute approximate surface area is 279 Å². The minimum atomic E-state index is -0.464. The van der Waals surface area contributed by atoms with Gasteiger partial charge in [-0.15, -0.1) is 0 Å². The van der Waals surface area contributed by atoms with Gasteiger partial charge < -0.3 is 30.3 Å². The molecule has 2 amide bonds. The van der Waals surface area contributed by atoms with Gasteiger partial charge in [0, 0.05) is 31.4 Å². The number of amides is 2. The second-order valence-electron chi connectivity index (χ2n) is 12.9. The van der Waals surface area contributed by atoms with Crippen LogP contribution in [0.2, 0.25) is 0 Å². The molecule has 0 aliphatic carbocycles. The van der Waals surface area contributed by atoms with Gasteiger partial charge in [0.05, 0.1) is 13.7 Å². The highest BCUT2D eigenvalue weighted by atomic mass is 16.5. The first-order valence-corrected chi connectivity index (χ1v) is 18.3. The van der Waals surface area contributed by atoms with Crippen LogP contribution < -0.4 is 16.0 Å². The number of ether oxygens (including phenoxy) is 2. The molecule has 3 N–H and O–H groups in total. The zero-order chi connectivity index (χ0) is 32.7. The fourth-order valence-corrected chi connectivity index (χ4v) is 6.35. The third kappa shape index (κ3) is 14.6. The summed E-state index contributed by atoms with van der Waals surface area (Å²) in [6.07, 6.45) is 23.6. The number of hydrogen-bond acceptors (Lipinski definition) is 6. The Bertz CT molecular complexity index is 1050. The molecule has 258 valence electrons. The minimum absolute atomic E-state index is 0.163. The van der Waals surface area contributed by atoms with Gasteiger partial charge in [-0.05, 0) is 36.1 Å². The average Bonchev–Trinajstić information content (AvgIpc) is 3.05. The lowest BCUT2D eigenvalue weighted by atomic mass is 9.87. The molecule has 1 fully saturated rings. The quantitative estimate of drug-likeness (QED) is 0.0986. The highest BCUT2D eigenvalue weighted by Gasteiger charge is 2.32. The molecule has 46 heavy (non-hydrogen) atoms. The molecule has 1 atom stereocenters. The summed E-state index contributed by atoms with van der Waals surface area (Å²) in [5.41, 5.74) is 4.33. The van der Waals surface area contributed by atoms with E-state index in [-0.39, 0.29) is 18.7 Å². The lowest BCUT2D eigenvalue weighted by Gasteiger charge is -2.40. The number of methoxy groups -OCH3 is 1. The van der Waals surface area contributed by atoms with Crippen molar-refractivity contribution in [2.75, 3.05) is 39.9 Å². The number of benzene rings is 1. The molecule has 2 heterocycles. The second-order valence-corrected chi connectivity index (χ2v) is 12.9. The van der Waals surface area contributed by atoms with E-state index in [0.29, 0.717) is 19.6 Å². The Kier molecular flexibility index (Phi) is 19.0. The van der Waals surface area contributed by atoms with Gasteiger partial charge in [0.1, 0.15) is 6.61 Å². The number of nitrogens with zero attached hydrogens (tertiary/aromatic N) is 1. The Morgan fingerprint density at radius 2 is 1.41 bits per heavy atom. The lowest BCUT2D eigenvalue weighted by molar-refractivity contribution is 0.154. The van der Waals surface area contributed by atoms with Gasteiger partial charge in [-0.1, -0.05) is 140 Å². The lowest BCUT2D eigenvalue weighted by Crippen LogP contribution is -2.48. The van der Waals surface area contributed by atoms with Crippen LogP contribution in [0.25, 0.3) is 0 Å². The summed E-state index contributed by atoms with van der Waals surface area (Å²) in [5.74, 6) is 0. The zero-order valence-electron chi connectivity index (χ0n) is 28.9. The van der Waals surface area contributed by atoms with Crippen LogP contribution in [0.3, 0.4) is 0 Å². The number of alkyl carbamates (subject to hydrolysis) is 2. The van der Waals surface area contributed by atoms with Crippen LogP contribution in [0, 0.1) is 0 Å². The molecule has 0 saturated carbocycles. The average molecular weight is 639 g/mol. The molecule has 3 rings (SSSR count).